The van der Waals surface area contributed by atoms with Gasteiger partial charge in [0.1, 0.15) is 5.52 Å². The number of hydrogen-bond donors (Lipinski definition) is 1. The normalized spacial score (nSPS) is 12.4. The van der Waals surface area contributed by atoms with Gasteiger partial charge in [-0.05, 0) is 28.1 Å². The Labute approximate surface area is 126 Å². The van der Waals surface area contributed by atoms with Crippen molar-refractivity contribution in [1.82, 2.24) is 9.97 Å². The molecule has 2 aromatic heterocycles. The molecule has 0 fully saturated rings. The van der Waals surface area contributed by atoms with E-state index in [-0.39, 0.29) is 5.92 Å². The van der Waals surface area contributed by atoms with Gasteiger partial charge in [-0.1, -0.05) is 19.1 Å². The van der Waals surface area contributed by atoms with Gasteiger partial charge in [-0.15, -0.1) is 0 Å². The van der Waals surface area contributed by atoms with Crippen LogP contribution in [0.25, 0.3) is 11.0 Å². The summed E-state index contributed by atoms with van der Waals surface area (Å²) in [6.07, 6.45) is 3.56. The summed E-state index contributed by atoms with van der Waals surface area (Å²) < 4.78 is 0.920. The van der Waals surface area contributed by atoms with E-state index in [2.05, 4.69) is 30.8 Å². The van der Waals surface area contributed by atoms with Crippen LogP contribution in [-0.4, -0.2) is 28.5 Å². The SMILES string of the molecule is CC(CN(C)c1ccnc2cc(Br)cnc12)C(N)=S. The van der Waals surface area contributed by atoms with Crippen molar-refractivity contribution in [2.45, 2.75) is 6.92 Å². The summed E-state index contributed by atoms with van der Waals surface area (Å²) in [6.45, 7) is 2.78. The average molecular weight is 339 g/mol. The number of nitrogens with zero attached hydrogens (tertiary/aromatic N) is 3. The molecule has 2 aromatic rings. The highest BCUT2D eigenvalue weighted by Crippen LogP contribution is 2.25. The van der Waals surface area contributed by atoms with Crippen molar-refractivity contribution in [3.63, 3.8) is 0 Å². The van der Waals surface area contributed by atoms with Crippen molar-refractivity contribution in [2.75, 3.05) is 18.5 Å². The predicted octanol–water partition coefficient (Wildman–Crippen LogP) is 2.75. The van der Waals surface area contributed by atoms with Crippen LogP contribution in [0.3, 0.4) is 0 Å². The van der Waals surface area contributed by atoms with Gasteiger partial charge < -0.3 is 10.6 Å². The van der Waals surface area contributed by atoms with Gasteiger partial charge in [0.25, 0.3) is 0 Å². The number of pyridine rings is 2. The van der Waals surface area contributed by atoms with Crippen LogP contribution in [0.1, 0.15) is 6.92 Å². The second-order valence-electron chi connectivity index (χ2n) is 4.54. The Morgan fingerprint density at radius 3 is 2.95 bits per heavy atom. The van der Waals surface area contributed by atoms with Crippen LogP contribution < -0.4 is 10.6 Å². The molecule has 0 aromatic carbocycles. The molecule has 0 saturated heterocycles. The highest BCUT2D eigenvalue weighted by Gasteiger charge is 2.13. The van der Waals surface area contributed by atoms with Crippen molar-refractivity contribution in [3.8, 4) is 0 Å². The first-order chi connectivity index (χ1) is 8.99. The lowest BCUT2D eigenvalue weighted by molar-refractivity contribution is 0.743. The van der Waals surface area contributed by atoms with Crippen LogP contribution in [0.4, 0.5) is 5.69 Å². The minimum atomic E-state index is 0.152. The molecule has 0 aliphatic carbocycles. The minimum absolute atomic E-state index is 0.152. The first kappa shape index (κ1) is 14.1. The molecule has 19 heavy (non-hydrogen) atoms. The van der Waals surface area contributed by atoms with Crippen molar-refractivity contribution >= 4 is 49.9 Å². The van der Waals surface area contributed by atoms with Crippen molar-refractivity contribution in [3.05, 3.63) is 29.0 Å². The number of aromatic nitrogens is 2. The fourth-order valence-corrected chi connectivity index (χ4v) is 2.29. The van der Waals surface area contributed by atoms with Crippen LogP contribution >= 0.6 is 28.1 Å². The zero-order chi connectivity index (χ0) is 14.0. The van der Waals surface area contributed by atoms with Crippen LogP contribution in [0.15, 0.2) is 29.0 Å². The van der Waals surface area contributed by atoms with Gasteiger partial charge in [-0.25, -0.2) is 0 Å². The Hall–Kier alpha value is -1.27. The van der Waals surface area contributed by atoms with Crippen molar-refractivity contribution in [2.24, 2.45) is 11.7 Å². The molecule has 0 spiro atoms. The van der Waals surface area contributed by atoms with Gasteiger partial charge in [0.05, 0.1) is 16.2 Å². The summed E-state index contributed by atoms with van der Waals surface area (Å²) >= 11 is 8.42. The minimum Gasteiger partial charge on any atom is -0.393 e. The Morgan fingerprint density at radius 2 is 2.26 bits per heavy atom. The van der Waals surface area contributed by atoms with E-state index in [9.17, 15) is 0 Å². The van der Waals surface area contributed by atoms with Crippen LogP contribution in [0, 0.1) is 5.92 Å². The summed E-state index contributed by atoms with van der Waals surface area (Å²) in [5, 5.41) is 0. The van der Waals surface area contributed by atoms with E-state index in [1.165, 1.54) is 0 Å². The van der Waals surface area contributed by atoms with Crippen molar-refractivity contribution < 1.29 is 0 Å². The van der Waals surface area contributed by atoms with E-state index in [0.29, 0.717) is 4.99 Å². The van der Waals surface area contributed by atoms with E-state index >= 15 is 0 Å². The number of halogens is 1. The molecule has 2 heterocycles. The van der Waals surface area contributed by atoms with Gasteiger partial charge in [0, 0.05) is 36.4 Å². The fourth-order valence-electron chi connectivity index (χ4n) is 1.90. The zero-order valence-electron chi connectivity index (χ0n) is 10.8. The van der Waals surface area contributed by atoms with E-state index in [1.807, 2.05) is 26.1 Å². The Kier molecular flexibility index (Phi) is 4.31. The van der Waals surface area contributed by atoms with E-state index in [1.54, 1.807) is 12.4 Å². The quantitative estimate of drug-likeness (QED) is 0.868. The monoisotopic (exact) mass is 338 g/mol. The Bertz CT molecular complexity index is 617. The third-order valence-electron chi connectivity index (χ3n) is 2.97. The summed E-state index contributed by atoms with van der Waals surface area (Å²) in [5.74, 6) is 0.152. The first-order valence-corrected chi connectivity index (χ1v) is 7.10. The molecule has 4 nitrogen and oxygen atoms in total. The molecule has 0 aliphatic rings. The summed E-state index contributed by atoms with van der Waals surface area (Å²) in [7, 11) is 2.01. The molecule has 1 unspecified atom stereocenters. The highest BCUT2D eigenvalue weighted by atomic mass is 79.9. The molecule has 2 rings (SSSR count). The van der Waals surface area contributed by atoms with Gasteiger partial charge >= 0.3 is 0 Å². The highest BCUT2D eigenvalue weighted by molar-refractivity contribution is 9.10. The van der Waals surface area contributed by atoms with Crippen LogP contribution in [0.2, 0.25) is 0 Å². The Morgan fingerprint density at radius 1 is 1.53 bits per heavy atom. The maximum absolute atomic E-state index is 5.67. The van der Waals surface area contributed by atoms with Gasteiger partial charge in [-0.2, -0.15) is 0 Å². The number of thiocarbonyl (C=S) groups is 1. The molecule has 0 amide bonds. The molecule has 0 aliphatic heterocycles. The zero-order valence-corrected chi connectivity index (χ0v) is 13.2. The lowest BCUT2D eigenvalue weighted by atomic mass is 10.1. The molecule has 1 atom stereocenters. The first-order valence-electron chi connectivity index (χ1n) is 5.89. The summed E-state index contributed by atoms with van der Waals surface area (Å²) in [6, 6.07) is 3.91. The van der Waals surface area contributed by atoms with Gasteiger partial charge in [-0.3, -0.25) is 9.97 Å². The van der Waals surface area contributed by atoms with Gasteiger partial charge in [0.15, 0.2) is 0 Å². The maximum atomic E-state index is 5.67. The topological polar surface area (TPSA) is 55.0 Å². The van der Waals surface area contributed by atoms with Crippen molar-refractivity contribution in [1.29, 1.82) is 0 Å². The molecular weight excluding hydrogens is 324 g/mol. The number of anilines is 1. The second kappa shape index (κ2) is 5.79. The fraction of sp³-hybridized carbons (Fsp3) is 0.308. The maximum Gasteiger partial charge on any atom is 0.112 e. The molecule has 0 saturated carbocycles. The third kappa shape index (κ3) is 3.19. The number of rotatable bonds is 4. The molecule has 100 valence electrons. The number of fused-ring (bicyclic) bond motifs is 1. The lowest BCUT2D eigenvalue weighted by Crippen LogP contribution is -2.31. The lowest BCUT2D eigenvalue weighted by Gasteiger charge is -2.23. The molecule has 0 bridgehead atoms. The van der Waals surface area contributed by atoms with Crippen LogP contribution in [-0.2, 0) is 0 Å². The third-order valence-corrected chi connectivity index (χ3v) is 3.80. The standard InChI is InChI=1S/C13H15BrN4S/c1-8(13(15)19)7-18(2)11-3-4-16-10-5-9(14)6-17-12(10)11/h3-6,8H,7H2,1-2H3,(H2,15,19). The van der Waals surface area contributed by atoms with E-state index in [0.717, 1.165) is 27.7 Å². The molecule has 0 radical (unpaired) electrons. The predicted molar refractivity (Wildman–Crippen MR) is 86.5 cm³/mol. The van der Waals surface area contributed by atoms with Crippen LogP contribution in [0.5, 0.6) is 0 Å². The van der Waals surface area contributed by atoms with E-state index < -0.39 is 0 Å². The number of nitrogens with two attached hydrogens (primary N) is 1. The Balaban J connectivity index is 2.36. The largest absolute Gasteiger partial charge is 0.393 e. The second-order valence-corrected chi connectivity index (χ2v) is 5.92. The average Bonchev–Trinajstić information content (AvgIpc) is 2.37. The summed E-state index contributed by atoms with van der Waals surface area (Å²) in [5.41, 5.74) is 8.43. The number of hydrogen-bond acceptors (Lipinski definition) is 4. The molecule has 2 N–H and O–H groups in total. The summed E-state index contributed by atoms with van der Waals surface area (Å²) in [4.78, 5) is 11.4. The molecule has 6 heteroatoms. The molecular formula is C13H15BrN4S. The smallest absolute Gasteiger partial charge is 0.112 e. The van der Waals surface area contributed by atoms with E-state index in [4.69, 9.17) is 18.0 Å². The van der Waals surface area contributed by atoms with Gasteiger partial charge in [0.2, 0.25) is 0 Å².